The fourth-order valence-corrected chi connectivity index (χ4v) is 1.81. The molecule has 0 bridgehead atoms. The molecule has 0 saturated heterocycles. The van der Waals surface area contributed by atoms with Crippen LogP contribution < -0.4 is 0 Å². The summed E-state index contributed by atoms with van der Waals surface area (Å²) < 4.78 is 9.79. The van der Waals surface area contributed by atoms with Gasteiger partial charge < -0.3 is 9.47 Å². The first-order valence-corrected chi connectivity index (χ1v) is 6.51. The second kappa shape index (κ2) is 7.23. The highest BCUT2D eigenvalue weighted by atomic mass is 16.5. The molecule has 21 heavy (non-hydrogen) atoms. The van der Waals surface area contributed by atoms with Crippen LogP contribution in [0, 0.1) is 0 Å². The van der Waals surface area contributed by atoms with Gasteiger partial charge in [-0.1, -0.05) is 30.3 Å². The van der Waals surface area contributed by atoms with Gasteiger partial charge in [-0.3, -0.25) is 9.89 Å². The van der Waals surface area contributed by atoms with Gasteiger partial charge in [0.05, 0.1) is 19.2 Å². The van der Waals surface area contributed by atoms with Crippen molar-refractivity contribution < 1.29 is 19.1 Å². The predicted molar refractivity (Wildman–Crippen MR) is 74.5 cm³/mol. The third kappa shape index (κ3) is 4.17. The van der Waals surface area contributed by atoms with E-state index in [1.54, 1.807) is 0 Å². The molecule has 1 heterocycles. The molecule has 1 aromatic heterocycles. The van der Waals surface area contributed by atoms with E-state index >= 15 is 0 Å². The number of aryl methyl sites for hydroxylation is 1. The number of carbonyl (C=O) groups is 2. The molecule has 0 fully saturated rings. The highest BCUT2D eigenvalue weighted by Gasteiger charge is 2.16. The Hall–Kier alpha value is -2.63. The molecule has 2 aromatic rings. The Morgan fingerprint density at radius 1 is 1.24 bits per heavy atom. The molecule has 1 aromatic carbocycles. The van der Waals surface area contributed by atoms with Crippen molar-refractivity contribution >= 4 is 11.9 Å². The third-order valence-electron chi connectivity index (χ3n) is 2.95. The Kier molecular flexibility index (Phi) is 5.09. The van der Waals surface area contributed by atoms with Crippen LogP contribution in [0.5, 0.6) is 0 Å². The minimum absolute atomic E-state index is 0.167. The van der Waals surface area contributed by atoms with Crippen LogP contribution in [0.2, 0.25) is 0 Å². The monoisotopic (exact) mass is 288 g/mol. The number of aromatic nitrogens is 2. The van der Waals surface area contributed by atoms with E-state index in [1.807, 2.05) is 30.3 Å². The molecular formula is C15H16N2O4. The molecule has 0 amide bonds. The zero-order chi connectivity index (χ0) is 15.1. The molecular weight excluding hydrogens is 272 g/mol. The summed E-state index contributed by atoms with van der Waals surface area (Å²) in [4.78, 5) is 23.1. The summed E-state index contributed by atoms with van der Waals surface area (Å²) in [6, 6.07) is 9.40. The van der Waals surface area contributed by atoms with E-state index in [2.05, 4.69) is 14.9 Å². The predicted octanol–water partition coefficient (Wildman–Crippen LogP) is 1.87. The average molecular weight is 288 g/mol. The normalized spacial score (nSPS) is 10.1. The Balaban J connectivity index is 1.93. The summed E-state index contributed by atoms with van der Waals surface area (Å²) in [7, 11) is 1.32. The SMILES string of the molecule is COC(=O)CCc1n[nH]cc1C(=O)OCc1ccccc1. The summed E-state index contributed by atoms with van der Waals surface area (Å²) in [6.45, 7) is 0.196. The number of aromatic amines is 1. The standard InChI is InChI=1S/C15H16N2O4/c1-20-14(18)8-7-13-12(9-16-17-13)15(19)21-10-11-5-3-2-4-6-11/h2-6,9H,7-8,10H2,1H3,(H,16,17). The number of nitrogens with zero attached hydrogens (tertiary/aromatic N) is 1. The maximum Gasteiger partial charge on any atom is 0.341 e. The van der Waals surface area contributed by atoms with Crippen LogP contribution in [-0.2, 0) is 27.3 Å². The maximum absolute atomic E-state index is 12.0. The van der Waals surface area contributed by atoms with E-state index in [0.717, 1.165) is 5.56 Å². The quantitative estimate of drug-likeness (QED) is 0.821. The first-order valence-electron chi connectivity index (χ1n) is 6.51. The molecule has 110 valence electrons. The van der Waals surface area contributed by atoms with E-state index in [0.29, 0.717) is 17.7 Å². The topological polar surface area (TPSA) is 81.3 Å². The number of ether oxygens (including phenoxy) is 2. The summed E-state index contributed by atoms with van der Waals surface area (Å²) in [5, 5.41) is 6.58. The molecule has 0 saturated carbocycles. The lowest BCUT2D eigenvalue weighted by molar-refractivity contribution is -0.140. The Morgan fingerprint density at radius 3 is 2.71 bits per heavy atom. The number of esters is 2. The van der Waals surface area contributed by atoms with Crippen molar-refractivity contribution in [3.63, 3.8) is 0 Å². The summed E-state index contributed by atoms with van der Waals surface area (Å²) in [6.07, 6.45) is 1.96. The lowest BCUT2D eigenvalue weighted by Crippen LogP contribution is -2.09. The highest BCUT2D eigenvalue weighted by Crippen LogP contribution is 2.11. The van der Waals surface area contributed by atoms with Crippen LogP contribution in [0.25, 0.3) is 0 Å². The van der Waals surface area contributed by atoms with Gasteiger partial charge in [-0.2, -0.15) is 5.10 Å². The molecule has 0 unspecified atom stereocenters. The Bertz CT molecular complexity index is 607. The first kappa shape index (κ1) is 14.8. The lowest BCUT2D eigenvalue weighted by Gasteiger charge is -2.05. The minimum atomic E-state index is -0.465. The maximum atomic E-state index is 12.0. The smallest absolute Gasteiger partial charge is 0.341 e. The number of rotatable bonds is 6. The number of nitrogens with one attached hydrogen (secondary N) is 1. The molecule has 0 radical (unpaired) electrons. The van der Waals surface area contributed by atoms with Crippen molar-refractivity contribution in [2.75, 3.05) is 7.11 Å². The number of hydrogen-bond acceptors (Lipinski definition) is 5. The molecule has 1 N–H and O–H groups in total. The number of benzene rings is 1. The molecule has 6 nitrogen and oxygen atoms in total. The van der Waals surface area contributed by atoms with Gasteiger partial charge in [-0.25, -0.2) is 4.79 Å². The number of hydrogen-bond donors (Lipinski definition) is 1. The Morgan fingerprint density at radius 2 is 2.00 bits per heavy atom. The van der Waals surface area contributed by atoms with Crippen LogP contribution in [0.3, 0.4) is 0 Å². The number of carbonyl (C=O) groups excluding carboxylic acids is 2. The molecule has 0 atom stereocenters. The summed E-state index contributed by atoms with van der Waals surface area (Å²) in [5.74, 6) is -0.811. The molecule has 0 spiro atoms. The van der Waals surface area contributed by atoms with Gasteiger partial charge in [-0.05, 0) is 5.56 Å². The van der Waals surface area contributed by atoms with Gasteiger partial charge in [0.25, 0.3) is 0 Å². The van der Waals surface area contributed by atoms with Gasteiger partial charge in [0.15, 0.2) is 0 Å². The molecule has 0 aliphatic heterocycles. The van der Waals surface area contributed by atoms with E-state index in [9.17, 15) is 9.59 Å². The zero-order valence-electron chi connectivity index (χ0n) is 11.7. The lowest BCUT2D eigenvalue weighted by atomic mass is 10.1. The second-order valence-electron chi connectivity index (χ2n) is 4.38. The number of methoxy groups -OCH3 is 1. The van der Waals surface area contributed by atoms with E-state index < -0.39 is 5.97 Å². The van der Waals surface area contributed by atoms with Crippen LogP contribution in [0.1, 0.15) is 28.0 Å². The first-order chi connectivity index (χ1) is 10.2. The van der Waals surface area contributed by atoms with Gasteiger partial charge >= 0.3 is 11.9 Å². The average Bonchev–Trinajstić information content (AvgIpc) is 2.99. The molecule has 2 rings (SSSR count). The Labute approximate surface area is 122 Å². The molecule has 0 aliphatic carbocycles. The largest absolute Gasteiger partial charge is 0.469 e. The van der Waals surface area contributed by atoms with Crippen molar-refractivity contribution in [1.82, 2.24) is 10.2 Å². The van der Waals surface area contributed by atoms with Crippen molar-refractivity contribution in [3.8, 4) is 0 Å². The highest BCUT2D eigenvalue weighted by molar-refractivity contribution is 5.90. The third-order valence-corrected chi connectivity index (χ3v) is 2.95. The van der Waals surface area contributed by atoms with Gasteiger partial charge in [-0.15, -0.1) is 0 Å². The fraction of sp³-hybridized carbons (Fsp3) is 0.267. The number of H-pyrrole nitrogens is 1. The van der Waals surface area contributed by atoms with Crippen molar-refractivity contribution in [3.05, 3.63) is 53.3 Å². The zero-order valence-corrected chi connectivity index (χ0v) is 11.7. The fourth-order valence-electron chi connectivity index (χ4n) is 1.81. The minimum Gasteiger partial charge on any atom is -0.469 e. The van der Waals surface area contributed by atoms with Gasteiger partial charge in [0, 0.05) is 12.6 Å². The van der Waals surface area contributed by atoms with E-state index in [-0.39, 0.29) is 19.0 Å². The van der Waals surface area contributed by atoms with Crippen LogP contribution in [0.15, 0.2) is 36.5 Å². The van der Waals surface area contributed by atoms with Crippen molar-refractivity contribution in [2.24, 2.45) is 0 Å². The van der Waals surface area contributed by atoms with Crippen LogP contribution in [-0.4, -0.2) is 29.2 Å². The summed E-state index contributed by atoms with van der Waals surface area (Å²) >= 11 is 0. The van der Waals surface area contributed by atoms with Crippen LogP contribution >= 0.6 is 0 Å². The van der Waals surface area contributed by atoms with E-state index in [4.69, 9.17) is 4.74 Å². The summed E-state index contributed by atoms with van der Waals surface area (Å²) in [5.41, 5.74) is 1.75. The van der Waals surface area contributed by atoms with Crippen molar-refractivity contribution in [1.29, 1.82) is 0 Å². The van der Waals surface area contributed by atoms with Gasteiger partial charge in [0.2, 0.25) is 0 Å². The van der Waals surface area contributed by atoms with Crippen LogP contribution in [0.4, 0.5) is 0 Å². The van der Waals surface area contributed by atoms with Crippen molar-refractivity contribution in [2.45, 2.75) is 19.4 Å². The molecule has 0 aliphatic rings. The van der Waals surface area contributed by atoms with Gasteiger partial charge in [0.1, 0.15) is 12.2 Å². The second-order valence-corrected chi connectivity index (χ2v) is 4.38. The molecule has 6 heteroatoms. The van der Waals surface area contributed by atoms with E-state index in [1.165, 1.54) is 13.3 Å².